The molecule has 0 aromatic rings. The lowest BCUT2D eigenvalue weighted by molar-refractivity contribution is 0.362. The van der Waals surface area contributed by atoms with E-state index in [1.165, 1.54) is 0 Å². The largest absolute Gasteiger partial charge is 0.327 e. The van der Waals surface area contributed by atoms with Crippen LogP contribution in [0.1, 0.15) is 0 Å². The van der Waals surface area contributed by atoms with Gasteiger partial charge in [0, 0.05) is 6.04 Å². The topological polar surface area (TPSA) is 141 Å². The zero-order chi connectivity index (χ0) is 9.99. The minimum Gasteiger partial charge on any atom is -0.327 e. The Morgan fingerprint density at radius 2 is 1.25 bits per heavy atom. The Morgan fingerprint density at radius 1 is 1.00 bits per heavy atom. The summed E-state index contributed by atoms with van der Waals surface area (Å²) in [6, 6.07) is -1.17. The van der Waals surface area contributed by atoms with Crippen molar-refractivity contribution in [3.05, 3.63) is 0 Å². The maximum absolute atomic E-state index is 10.3. The standard InChI is InChI=1S/C3H11NO6P2/c4-3(1-11(5,6)7)2-12(8,9)10/h3H,1-2,4H2,(H2,5,6,7)(H2,8,9,10). The molecule has 0 amide bonds. The predicted octanol–water partition coefficient (Wildman–Crippen LogP) is -1.33. The van der Waals surface area contributed by atoms with E-state index in [9.17, 15) is 9.13 Å². The average molecular weight is 219 g/mol. The molecule has 74 valence electrons. The summed E-state index contributed by atoms with van der Waals surface area (Å²) in [7, 11) is -8.55. The van der Waals surface area contributed by atoms with E-state index in [-0.39, 0.29) is 0 Å². The van der Waals surface area contributed by atoms with Gasteiger partial charge in [-0.3, -0.25) is 9.13 Å². The van der Waals surface area contributed by atoms with Gasteiger partial charge in [-0.25, -0.2) is 0 Å². The van der Waals surface area contributed by atoms with Crippen molar-refractivity contribution in [1.29, 1.82) is 0 Å². The molecule has 0 rings (SSSR count). The lowest BCUT2D eigenvalue weighted by Crippen LogP contribution is -2.28. The highest BCUT2D eigenvalue weighted by atomic mass is 31.2. The van der Waals surface area contributed by atoms with Crippen molar-refractivity contribution in [3.8, 4) is 0 Å². The monoisotopic (exact) mass is 219 g/mol. The van der Waals surface area contributed by atoms with Gasteiger partial charge in [-0.15, -0.1) is 0 Å². The first-order valence-electron chi connectivity index (χ1n) is 2.95. The molecule has 6 N–H and O–H groups in total. The number of hydrogen-bond donors (Lipinski definition) is 5. The van der Waals surface area contributed by atoms with Crippen LogP contribution in [-0.2, 0) is 9.13 Å². The minimum absolute atomic E-state index is 0.710. The number of nitrogens with two attached hydrogens (primary N) is 1. The van der Waals surface area contributed by atoms with Gasteiger partial charge < -0.3 is 25.3 Å². The fraction of sp³-hybridized carbons (Fsp3) is 1.00. The van der Waals surface area contributed by atoms with Crippen molar-refractivity contribution in [3.63, 3.8) is 0 Å². The Hall–Kier alpha value is 0.260. The van der Waals surface area contributed by atoms with Crippen LogP contribution in [0.2, 0.25) is 0 Å². The van der Waals surface area contributed by atoms with E-state index in [2.05, 4.69) is 0 Å². The maximum Gasteiger partial charge on any atom is 0.327 e. The maximum atomic E-state index is 10.3. The van der Waals surface area contributed by atoms with Crippen LogP contribution in [0.5, 0.6) is 0 Å². The molecule has 0 saturated heterocycles. The third-order valence-corrected chi connectivity index (χ3v) is 2.83. The Morgan fingerprint density at radius 3 is 1.42 bits per heavy atom. The Kier molecular flexibility index (Phi) is 4.07. The summed E-state index contributed by atoms with van der Waals surface area (Å²) in [5.74, 6) is 0. The predicted molar refractivity (Wildman–Crippen MR) is 41.8 cm³/mol. The van der Waals surface area contributed by atoms with E-state index >= 15 is 0 Å². The SMILES string of the molecule is NC(CP(=O)(O)O)CP(=O)(O)O. The highest BCUT2D eigenvalue weighted by molar-refractivity contribution is 7.53. The number of rotatable bonds is 4. The molecule has 0 aromatic carbocycles. The van der Waals surface area contributed by atoms with Crippen molar-refractivity contribution in [1.82, 2.24) is 0 Å². The van der Waals surface area contributed by atoms with E-state index in [4.69, 9.17) is 25.3 Å². The first-order chi connectivity index (χ1) is 5.10. The molecule has 0 heterocycles. The molecule has 0 saturated carbocycles. The summed E-state index contributed by atoms with van der Waals surface area (Å²) >= 11 is 0. The Bertz CT molecular complexity index is 205. The second-order valence-electron chi connectivity index (χ2n) is 2.45. The third kappa shape index (κ3) is 8.36. The smallest absolute Gasteiger partial charge is 0.327 e. The van der Waals surface area contributed by atoms with Crippen molar-refractivity contribution < 1.29 is 28.7 Å². The molecule has 0 aliphatic heterocycles. The molecule has 0 spiro atoms. The van der Waals surface area contributed by atoms with Gasteiger partial charge in [0.15, 0.2) is 0 Å². The van der Waals surface area contributed by atoms with Crippen LogP contribution in [-0.4, -0.2) is 37.9 Å². The first-order valence-corrected chi connectivity index (χ1v) is 6.54. The number of hydrogen-bond acceptors (Lipinski definition) is 3. The normalized spacial score (nSPS) is 13.8. The van der Waals surface area contributed by atoms with Gasteiger partial charge in [-0.2, -0.15) is 0 Å². The Labute approximate surface area is 68.9 Å². The molecule has 0 unspecified atom stereocenters. The lowest BCUT2D eigenvalue weighted by Gasteiger charge is -2.12. The van der Waals surface area contributed by atoms with E-state index in [1.807, 2.05) is 0 Å². The molecular weight excluding hydrogens is 208 g/mol. The molecule has 0 fully saturated rings. The van der Waals surface area contributed by atoms with Crippen molar-refractivity contribution in [2.75, 3.05) is 12.3 Å². The highest BCUT2D eigenvalue weighted by Gasteiger charge is 2.24. The van der Waals surface area contributed by atoms with Gasteiger partial charge in [0.25, 0.3) is 0 Å². The van der Waals surface area contributed by atoms with E-state index in [0.29, 0.717) is 0 Å². The summed E-state index contributed by atoms with van der Waals surface area (Å²) < 4.78 is 20.6. The van der Waals surface area contributed by atoms with Crippen LogP contribution in [0.15, 0.2) is 0 Å². The third-order valence-electron chi connectivity index (χ3n) is 0.945. The highest BCUT2D eigenvalue weighted by Crippen LogP contribution is 2.39. The van der Waals surface area contributed by atoms with Gasteiger partial charge in [-0.05, 0) is 0 Å². The zero-order valence-corrected chi connectivity index (χ0v) is 7.86. The molecule has 12 heavy (non-hydrogen) atoms. The van der Waals surface area contributed by atoms with Gasteiger partial charge >= 0.3 is 15.2 Å². The second-order valence-corrected chi connectivity index (χ2v) is 5.84. The van der Waals surface area contributed by atoms with Gasteiger partial charge in [-0.1, -0.05) is 0 Å². The van der Waals surface area contributed by atoms with E-state index in [1.54, 1.807) is 0 Å². The first kappa shape index (κ1) is 12.3. The summed E-state index contributed by atoms with van der Waals surface area (Å²) in [5.41, 5.74) is 5.06. The zero-order valence-electron chi connectivity index (χ0n) is 6.07. The second kappa shape index (κ2) is 3.98. The summed E-state index contributed by atoms with van der Waals surface area (Å²) in [6.45, 7) is 0. The fourth-order valence-corrected chi connectivity index (χ4v) is 2.35. The molecule has 0 bridgehead atoms. The minimum atomic E-state index is -4.28. The molecule has 7 nitrogen and oxygen atoms in total. The van der Waals surface area contributed by atoms with Crippen molar-refractivity contribution in [2.24, 2.45) is 5.73 Å². The van der Waals surface area contributed by atoms with Gasteiger partial charge in [0.2, 0.25) is 0 Å². The van der Waals surface area contributed by atoms with Crippen LogP contribution in [0.3, 0.4) is 0 Å². The van der Waals surface area contributed by atoms with E-state index in [0.717, 1.165) is 0 Å². The molecule has 0 aliphatic carbocycles. The van der Waals surface area contributed by atoms with Crippen molar-refractivity contribution >= 4 is 15.2 Å². The molecule has 0 atom stereocenters. The van der Waals surface area contributed by atoms with Crippen LogP contribution in [0, 0.1) is 0 Å². The van der Waals surface area contributed by atoms with Crippen LogP contribution >= 0.6 is 15.2 Å². The fourth-order valence-electron chi connectivity index (χ4n) is 0.669. The lowest BCUT2D eigenvalue weighted by atomic mass is 10.4. The molecule has 0 radical (unpaired) electrons. The summed E-state index contributed by atoms with van der Waals surface area (Å²) in [6.07, 6.45) is -1.42. The summed E-state index contributed by atoms with van der Waals surface area (Å²) in [5, 5.41) is 0. The van der Waals surface area contributed by atoms with Gasteiger partial charge in [0.05, 0.1) is 12.3 Å². The molecule has 0 aliphatic rings. The average Bonchev–Trinajstić information content (AvgIpc) is 1.49. The van der Waals surface area contributed by atoms with Crippen LogP contribution < -0.4 is 5.73 Å². The molecule has 9 heteroatoms. The Balaban J connectivity index is 4.00. The summed E-state index contributed by atoms with van der Waals surface area (Å²) in [4.78, 5) is 33.5. The molecular formula is C3H11NO6P2. The van der Waals surface area contributed by atoms with Crippen LogP contribution in [0.4, 0.5) is 0 Å². The quantitative estimate of drug-likeness (QED) is 0.368. The van der Waals surface area contributed by atoms with Crippen LogP contribution in [0.25, 0.3) is 0 Å². The van der Waals surface area contributed by atoms with Crippen molar-refractivity contribution in [2.45, 2.75) is 6.04 Å². The molecule has 0 aromatic heterocycles. The van der Waals surface area contributed by atoms with E-state index < -0.39 is 33.6 Å². The van der Waals surface area contributed by atoms with Gasteiger partial charge in [0.1, 0.15) is 0 Å².